The number of nitrogens with zero attached hydrogens (tertiary/aromatic N) is 2. The molecule has 4 nitrogen and oxygen atoms in total. The van der Waals surface area contributed by atoms with E-state index in [4.69, 9.17) is 4.74 Å². The second-order valence-corrected chi connectivity index (χ2v) is 4.20. The number of aldehydes is 1. The minimum atomic E-state index is 0.424. The third kappa shape index (κ3) is 1.39. The van der Waals surface area contributed by atoms with Crippen molar-refractivity contribution >= 4 is 22.8 Å². The Hall–Kier alpha value is -2.36. The molecule has 0 saturated heterocycles. The number of benzene rings is 1. The molecular weight excluding hydrogens is 228 g/mol. The number of para-hydroxylation sites is 1. The summed E-state index contributed by atoms with van der Waals surface area (Å²) in [5, 5.41) is 1.09. The van der Waals surface area contributed by atoms with E-state index in [-0.39, 0.29) is 0 Å². The SMILES string of the molecule is COc1cccc2c(C)cc3nc(C=O)cn3c12. The Morgan fingerprint density at radius 3 is 2.94 bits per heavy atom. The van der Waals surface area contributed by atoms with Crippen LogP contribution in [-0.2, 0) is 0 Å². The van der Waals surface area contributed by atoms with Crippen molar-refractivity contribution in [3.8, 4) is 5.75 Å². The second kappa shape index (κ2) is 3.84. The summed E-state index contributed by atoms with van der Waals surface area (Å²) in [5.74, 6) is 0.774. The van der Waals surface area contributed by atoms with Gasteiger partial charge in [0.25, 0.3) is 0 Å². The molecule has 0 aliphatic heterocycles. The van der Waals surface area contributed by atoms with Crippen molar-refractivity contribution in [3.05, 3.63) is 41.7 Å². The lowest BCUT2D eigenvalue weighted by molar-refractivity contribution is 0.111. The van der Waals surface area contributed by atoms with Crippen LogP contribution in [0, 0.1) is 6.92 Å². The number of pyridine rings is 1. The summed E-state index contributed by atoms with van der Waals surface area (Å²) in [5.41, 5.74) is 3.23. The molecule has 0 fully saturated rings. The number of methoxy groups -OCH3 is 1. The molecule has 0 N–H and O–H groups in total. The first-order chi connectivity index (χ1) is 8.74. The van der Waals surface area contributed by atoms with Crippen molar-refractivity contribution in [1.82, 2.24) is 9.38 Å². The van der Waals surface area contributed by atoms with Gasteiger partial charge in [0.2, 0.25) is 0 Å². The molecule has 90 valence electrons. The highest BCUT2D eigenvalue weighted by Gasteiger charge is 2.10. The molecule has 1 aromatic carbocycles. The maximum atomic E-state index is 10.8. The number of carbonyl (C=O) groups excluding carboxylic acids is 1. The number of aromatic nitrogens is 2. The van der Waals surface area contributed by atoms with Gasteiger partial charge in [-0.2, -0.15) is 0 Å². The minimum Gasteiger partial charge on any atom is -0.495 e. The largest absolute Gasteiger partial charge is 0.495 e. The lowest BCUT2D eigenvalue weighted by atomic mass is 10.1. The summed E-state index contributed by atoms with van der Waals surface area (Å²) in [6, 6.07) is 7.86. The number of rotatable bonds is 2. The summed E-state index contributed by atoms with van der Waals surface area (Å²) < 4.78 is 7.29. The molecule has 3 aromatic rings. The first-order valence-electron chi connectivity index (χ1n) is 5.65. The molecule has 0 aliphatic rings. The number of ether oxygens (including phenoxy) is 1. The number of aryl methyl sites for hydroxylation is 1. The average Bonchev–Trinajstić information content (AvgIpc) is 2.81. The van der Waals surface area contributed by atoms with E-state index >= 15 is 0 Å². The number of hydrogen-bond donors (Lipinski definition) is 0. The summed E-state index contributed by atoms with van der Waals surface area (Å²) >= 11 is 0. The van der Waals surface area contributed by atoms with Gasteiger partial charge >= 0.3 is 0 Å². The number of carbonyl (C=O) groups is 1. The highest BCUT2D eigenvalue weighted by Crippen LogP contribution is 2.29. The van der Waals surface area contributed by atoms with Crippen LogP contribution in [0.2, 0.25) is 0 Å². The fourth-order valence-corrected chi connectivity index (χ4v) is 2.28. The van der Waals surface area contributed by atoms with Crippen molar-refractivity contribution in [2.75, 3.05) is 7.11 Å². The molecule has 3 rings (SSSR count). The van der Waals surface area contributed by atoms with Crippen LogP contribution in [0.1, 0.15) is 16.1 Å². The molecule has 0 unspecified atom stereocenters. The van der Waals surface area contributed by atoms with Crippen LogP contribution in [0.3, 0.4) is 0 Å². The van der Waals surface area contributed by atoms with E-state index in [0.29, 0.717) is 5.69 Å². The van der Waals surface area contributed by atoms with Crippen LogP contribution in [-0.4, -0.2) is 22.8 Å². The smallest absolute Gasteiger partial charge is 0.170 e. The third-order valence-electron chi connectivity index (χ3n) is 3.10. The Kier molecular flexibility index (Phi) is 2.30. The fraction of sp³-hybridized carbons (Fsp3) is 0.143. The van der Waals surface area contributed by atoms with Gasteiger partial charge in [-0.05, 0) is 24.6 Å². The van der Waals surface area contributed by atoms with Crippen LogP contribution in [0.25, 0.3) is 16.6 Å². The Bertz CT molecular complexity index is 759. The summed E-state index contributed by atoms with van der Waals surface area (Å²) in [4.78, 5) is 15.1. The molecule has 2 heterocycles. The number of hydrogen-bond acceptors (Lipinski definition) is 3. The monoisotopic (exact) mass is 240 g/mol. The van der Waals surface area contributed by atoms with E-state index < -0.39 is 0 Å². The van der Waals surface area contributed by atoms with Gasteiger partial charge in [0.1, 0.15) is 17.1 Å². The third-order valence-corrected chi connectivity index (χ3v) is 3.10. The average molecular weight is 240 g/mol. The van der Waals surface area contributed by atoms with Gasteiger partial charge < -0.3 is 4.74 Å². The molecule has 18 heavy (non-hydrogen) atoms. The van der Waals surface area contributed by atoms with Gasteiger partial charge in [0, 0.05) is 11.6 Å². The van der Waals surface area contributed by atoms with E-state index in [1.54, 1.807) is 13.3 Å². The topological polar surface area (TPSA) is 43.6 Å². The lowest BCUT2D eigenvalue weighted by Crippen LogP contribution is -1.94. The molecule has 4 heteroatoms. The second-order valence-electron chi connectivity index (χ2n) is 4.20. The van der Waals surface area contributed by atoms with Crippen LogP contribution < -0.4 is 4.74 Å². The van der Waals surface area contributed by atoms with Crippen LogP contribution >= 0.6 is 0 Å². The van der Waals surface area contributed by atoms with Crippen LogP contribution in [0.15, 0.2) is 30.5 Å². The summed E-state index contributed by atoms with van der Waals surface area (Å²) in [6.07, 6.45) is 2.48. The predicted octanol–water partition coefficient (Wildman–Crippen LogP) is 2.62. The molecule has 2 aromatic heterocycles. The fourth-order valence-electron chi connectivity index (χ4n) is 2.28. The normalized spacial score (nSPS) is 11.0. The Morgan fingerprint density at radius 1 is 1.39 bits per heavy atom. The number of imidazole rings is 1. The van der Waals surface area contributed by atoms with Gasteiger partial charge in [-0.15, -0.1) is 0 Å². The van der Waals surface area contributed by atoms with Crippen molar-refractivity contribution < 1.29 is 9.53 Å². The highest BCUT2D eigenvalue weighted by atomic mass is 16.5. The van der Waals surface area contributed by atoms with Gasteiger partial charge in [0.05, 0.1) is 12.6 Å². The van der Waals surface area contributed by atoms with Gasteiger partial charge in [-0.3, -0.25) is 9.20 Å². The maximum absolute atomic E-state index is 10.8. The van der Waals surface area contributed by atoms with E-state index in [2.05, 4.69) is 4.98 Å². The van der Waals surface area contributed by atoms with Crippen molar-refractivity contribution in [2.45, 2.75) is 6.92 Å². The zero-order valence-electron chi connectivity index (χ0n) is 10.2. The lowest BCUT2D eigenvalue weighted by Gasteiger charge is -2.09. The molecule has 0 radical (unpaired) electrons. The first kappa shape index (κ1) is 10.8. The predicted molar refractivity (Wildman–Crippen MR) is 69.4 cm³/mol. The van der Waals surface area contributed by atoms with Gasteiger partial charge in [0.15, 0.2) is 6.29 Å². The molecule has 0 saturated carbocycles. The van der Waals surface area contributed by atoms with E-state index in [1.807, 2.05) is 35.6 Å². The molecule has 0 spiro atoms. The quantitative estimate of drug-likeness (QED) is 0.647. The standard InChI is InChI=1S/C14H12N2O2/c1-9-6-13-15-10(8-17)7-16(13)14-11(9)4-3-5-12(14)18-2/h3-8H,1-2H3. The van der Waals surface area contributed by atoms with Crippen molar-refractivity contribution in [1.29, 1.82) is 0 Å². The first-order valence-corrected chi connectivity index (χ1v) is 5.65. The Labute approximate surface area is 104 Å². The van der Waals surface area contributed by atoms with Crippen LogP contribution in [0.5, 0.6) is 5.75 Å². The molecule has 0 atom stereocenters. The summed E-state index contributed by atoms with van der Waals surface area (Å²) in [7, 11) is 1.64. The highest BCUT2D eigenvalue weighted by molar-refractivity contribution is 5.91. The van der Waals surface area contributed by atoms with Crippen LogP contribution in [0.4, 0.5) is 0 Å². The zero-order chi connectivity index (χ0) is 12.7. The van der Waals surface area contributed by atoms with Crippen molar-refractivity contribution in [2.24, 2.45) is 0 Å². The van der Waals surface area contributed by atoms with E-state index in [9.17, 15) is 4.79 Å². The number of fused-ring (bicyclic) bond motifs is 3. The van der Waals surface area contributed by atoms with E-state index in [0.717, 1.165) is 34.1 Å². The maximum Gasteiger partial charge on any atom is 0.170 e. The molecule has 0 amide bonds. The van der Waals surface area contributed by atoms with Gasteiger partial charge in [-0.25, -0.2) is 4.98 Å². The molecule has 0 aliphatic carbocycles. The van der Waals surface area contributed by atoms with Gasteiger partial charge in [-0.1, -0.05) is 12.1 Å². The molecule has 0 bridgehead atoms. The zero-order valence-corrected chi connectivity index (χ0v) is 10.2. The Balaban J connectivity index is 2.56. The molecular formula is C14H12N2O2. The Morgan fingerprint density at radius 2 is 2.22 bits per heavy atom. The van der Waals surface area contributed by atoms with E-state index in [1.165, 1.54) is 0 Å². The van der Waals surface area contributed by atoms with Crippen molar-refractivity contribution in [3.63, 3.8) is 0 Å². The minimum absolute atomic E-state index is 0.424. The summed E-state index contributed by atoms with van der Waals surface area (Å²) in [6.45, 7) is 2.02.